The van der Waals surface area contributed by atoms with Gasteiger partial charge in [-0.3, -0.25) is 4.98 Å². The quantitative estimate of drug-likeness (QED) is 0.542. The highest BCUT2D eigenvalue weighted by molar-refractivity contribution is 5.71. The van der Waals surface area contributed by atoms with Crippen LogP contribution in [-0.2, 0) is 0 Å². The lowest BCUT2D eigenvalue weighted by molar-refractivity contribution is 1.18. The van der Waals surface area contributed by atoms with Crippen molar-refractivity contribution in [2.75, 3.05) is 0 Å². The zero-order valence-corrected chi connectivity index (χ0v) is 13.0. The molecule has 2 heterocycles. The lowest BCUT2D eigenvalue weighted by Crippen LogP contribution is -1.89. The number of pyridine rings is 1. The molecule has 0 spiro atoms. The van der Waals surface area contributed by atoms with E-state index in [0.717, 1.165) is 33.6 Å². The van der Waals surface area contributed by atoms with E-state index in [0.29, 0.717) is 0 Å². The predicted octanol–water partition coefficient (Wildman–Crippen LogP) is 4.87. The van der Waals surface area contributed by atoms with E-state index in [1.165, 1.54) is 0 Å². The molecular formula is C21H15N3. The summed E-state index contributed by atoms with van der Waals surface area (Å²) in [4.78, 5) is 13.0. The average Bonchev–Trinajstić information content (AvgIpc) is 2.70. The van der Waals surface area contributed by atoms with E-state index in [1.807, 2.05) is 36.5 Å². The van der Waals surface area contributed by atoms with Crippen molar-refractivity contribution < 1.29 is 0 Å². The summed E-state index contributed by atoms with van der Waals surface area (Å²) >= 11 is 0. The van der Waals surface area contributed by atoms with Gasteiger partial charge in [-0.1, -0.05) is 60.7 Å². The third-order valence-corrected chi connectivity index (χ3v) is 3.91. The minimum Gasteiger partial charge on any atom is -0.264 e. The number of rotatable bonds is 3. The Labute approximate surface area is 140 Å². The fourth-order valence-corrected chi connectivity index (χ4v) is 2.65. The van der Waals surface area contributed by atoms with Crippen molar-refractivity contribution in [3.05, 3.63) is 91.5 Å². The van der Waals surface area contributed by atoms with E-state index in [4.69, 9.17) is 0 Å². The van der Waals surface area contributed by atoms with E-state index in [-0.39, 0.29) is 0 Å². The second-order valence-corrected chi connectivity index (χ2v) is 5.47. The van der Waals surface area contributed by atoms with Crippen LogP contribution in [0.5, 0.6) is 0 Å². The zero-order valence-electron chi connectivity index (χ0n) is 13.0. The van der Waals surface area contributed by atoms with Gasteiger partial charge in [0, 0.05) is 23.5 Å². The molecule has 4 rings (SSSR count). The number of aromatic nitrogens is 3. The van der Waals surface area contributed by atoms with Crippen LogP contribution in [-0.4, -0.2) is 15.0 Å². The fraction of sp³-hybridized carbons (Fsp3) is 0. The first-order valence-electron chi connectivity index (χ1n) is 7.78. The molecule has 0 aliphatic heterocycles. The van der Waals surface area contributed by atoms with E-state index >= 15 is 0 Å². The summed E-state index contributed by atoms with van der Waals surface area (Å²) in [5, 5.41) is 0. The van der Waals surface area contributed by atoms with Crippen LogP contribution in [0.2, 0.25) is 0 Å². The van der Waals surface area contributed by atoms with Gasteiger partial charge in [-0.25, -0.2) is 9.97 Å². The maximum Gasteiger partial charge on any atom is 0.116 e. The summed E-state index contributed by atoms with van der Waals surface area (Å²) in [6.45, 7) is 0. The Balaban J connectivity index is 1.67. The topological polar surface area (TPSA) is 38.7 Å². The van der Waals surface area contributed by atoms with Gasteiger partial charge >= 0.3 is 0 Å². The van der Waals surface area contributed by atoms with Gasteiger partial charge in [0.2, 0.25) is 0 Å². The van der Waals surface area contributed by atoms with Gasteiger partial charge in [-0.05, 0) is 23.3 Å². The molecule has 0 fully saturated rings. The highest BCUT2D eigenvalue weighted by Crippen LogP contribution is 2.25. The van der Waals surface area contributed by atoms with Crippen LogP contribution in [0.1, 0.15) is 0 Å². The van der Waals surface area contributed by atoms with Crippen molar-refractivity contribution in [1.29, 1.82) is 0 Å². The Morgan fingerprint density at radius 2 is 1.17 bits per heavy atom. The minimum atomic E-state index is 0.918. The van der Waals surface area contributed by atoms with Gasteiger partial charge < -0.3 is 0 Å². The molecule has 3 nitrogen and oxygen atoms in total. The molecule has 114 valence electrons. The Kier molecular flexibility index (Phi) is 3.82. The Bertz CT molecular complexity index is 933. The Morgan fingerprint density at radius 1 is 0.542 bits per heavy atom. The van der Waals surface area contributed by atoms with Crippen LogP contribution in [0.3, 0.4) is 0 Å². The summed E-state index contributed by atoms with van der Waals surface area (Å²) in [5.74, 6) is 0. The first kappa shape index (κ1) is 14.3. The van der Waals surface area contributed by atoms with Crippen LogP contribution in [0.15, 0.2) is 91.5 Å². The second kappa shape index (κ2) is 6.42. The van der Waals surface area contributed by atoms with E-state index < -0.39 is 0 Å². The normalized spacial score (nSPS) is 10.5. The van der Waals surface area contributed by atoms with Crippen LogP contribution in [0.4, 0.5) is 0 Å². The summed E-state index contributed by atoms with van der Waals surface area (Å²) < 4.78 is 0. The van der Waals surface area contributed by atoms with E-state index in [1.54, 1.807) is 12.5 Å². The van der Waals surface area contributed by atoms with Gasteiger partial charge in [-0.15, -0.1) is 0 Å². The second-order valence-electron chi connectivity index (χ2n) is 5.47. The van der Waals surface area contributed by atoms with Crippen molar-refractivity contribution in [3.8, 4) is 33.6 Å². The Morgan fingerprint density at radius 3 is 1.83 bits per heavy atom. The standard InChI is InChI=1S/C21H15N3/c1-2-5-17(6-3-1)20-13-21(24-15-23-20)18-10-8-16(9-11-18)19-7-4-12-22-14-19/h1-15H. The molecule has 0 aliphatic rings. The molecular weight excluding hydrogens is 294 g/mol. The molecule has 0 atom stereocenters. The monoisotopic (exact) mass is 309 g/mol. The van der Waals surface area contributed by atoms with Crippen LogP contribution >= 0.6 is 0 Å². The van der Waals surface area contributed by atoms with Crippen LogP contribution < -0.4 is 0 Å². The van der Waals surface area contributed by atoms with Crippen molar-refractivity contribution in [2.45, 2.75) is 0 Å². The molecule has 3 heteroatoms. The summed E-state index contributed by atoms with van der Waals surface area (Å²) in [6.07, 6.45) is 5.27. The molecule has 0 aliphatic carbocycles. The lowest BCUT2D eigenvalue weighted by Gasteiger charge is -2.06. The summed E-state index contributed by atoms with van der Waals surface area (Å²) in [5.41, 5.74) is 6.26. The molecule has 0 bridgehead atoms. The van der Waals surface area contributed by atoms with Crippen molar-refractivity contribution in [1.82, 2.24) is 15.0 Å². The van der Waals surface area contributed by atoms with Crippen molar-refractivity contribution in [2.24, 2.45) is 0 Å². The van der Waals surface area contributed by atoms with Gasteiger partial charge in [-0.2, -0.15) is 0 Å². The van der Waals surface area contributed by atoms with Crippen molar-refractivity contribution in [3.63, 3.8) is 0 Å². The molecule has 0 N–H and O–H groups in total. The highest BCUT2D eigenvalue weighted by Gasteiger charge is 2.05. The lowest BCUT2D eigenvalue weighted by atomic mass is 10.0. The van der Waals surface area contributed by atoms with Gasteiger partial charge in [0.1, 0.15) is 6.33 Å². The molecule has 0 saturated heterocycles. The fourth-order valence-electron chi connectivity index (χ4n) is 2.65. The third-order valence-electron chi connectivity index (χ3n) is 3.91. The van der Waals surface area contributed by atoms with E-state index in [9.17, 15) is 0 Å². The maximum atomic E-state index is 4.41. The minimum absolute atomic E-state index is 0.918. The number of nitrogens with zero attached hydrogens (tertiary/aromatic N) is 3. The first-order valence-corrected chi connectivity index (χ1v) is 7.78. The smallest absolute Gasteiger partial charge is 0.116 e. The maximum absolute atomic E-state index is 4.41. The average molecular weight is 309 g/mol. The Hall–Kier alpha value is -3.33. The molecule has 4 aromatic rings. The highest BCUT2D eigenvalue weighted by atomic mass is 14.8. The van der Waals surface area contributed by atoms with E-state index in [2.05, 4.69) is 57.4 Å². The third kappa shape index (κ3) is 2.92. The van der Waals surface area contributed by atoms with Gasteiger partial charge in [0.15, 0.2) is 0 Å². The zero-order chi connectivity index (χ0) is 16.2. The molecule has 2 aromatic heterocycles. The number of hydrogen-bond donors (Lipinski definition) is 0. The van der Waals surface area contributed by atoms with Crippen molar-refractivity contribution >= 4 is 0 Å². The van der Waals surface area contributed by atoms with Gasteiger partial charge in [0.25, 0.3) is 0 Å². The number of hydrogen-bond acceptors (Lipinski definition) is 3. The molecule has 0 amide bonds. The molecule has 0 unspecified atom stereocenters. The molecule has 24 heavy (non-hydrogen) atoms. The summed E-state index contributed by atoms with van der Waals surface area (Å²) in [7, 11) is 0. The summed E-state index contributed by atoms with van der Waals surface area (Å²) in [6, 6.07) is 24.5. The SMILES string of the molecule is c1ccc(-c2cc(-c3ccc(-c4cccnc4)cc3)ncn2)cc1. The molecule has 0 saturated carbocycles. The van der Waals surface area contributed by atoms with Crippen LogP contribution in [0, 0.1) is 0 Å². The molecule has 0 radical (unpaired) electrons. The largest absolute Gasteiger partial charge is 0.264 e. The van der Waals surface area contributed by atoms with Gasteiger partial charge in [0.05, 0.1) is 11.4 Å². The predicted molar refractivity (Wildman–Crippen MR) is 96.1 cm³/mol. The van der Waals surface area contributed by atoms with Crippen LogP contribution in [0.25, 0.3) is 33.6 Å². The molecule has 2 aromatic carbocycles. The number of benzene rings is 2. The first-order chi connectivity index (χ1) is 11.9.